The maximum atomic E-state index is 9.82. The topological polar surface area (TPSA) is 130 Å². The molecule has 74 valence electrons. The molecule has 1 unspecified atom stereocenters. The molecule has 0 saturated carbocycles. The summed E-state index contributed by atoms with van der Waals surface area (Å²) in [7, 11) is 0. The Balaban J connectivity index is 0. The van der Waals surface area contributed by atoms with Crippen molar-refractivity contribution in [2.75, 3.05) is 13.1 Å². The summed E-state index contributed by atoms with van der Waals surface area (Å²) in [4.78, 5) is 9.82. The number of carboxylic acid groups (broad SMARTS) is 1. The van der Waals surface area contributed by atoms with Gasteiger partial charge in [-0.05, 0) is 6.92 Å². The summed E-state index contributed by atoms with van der Waals surface area (Å²) < 4.78 is 0. The SMILES string of the molecule is CC(C(=O)O)C(O)O.NCCN. The number of aliphatic hydroxyl groups excluding tert-OH is 1. The van der Waals surface area contributed by atoms with Gasteiger partial charge >= 0.3 is 5.97 Å². The van der Waals surface area contributed by atoms with Crippen molar-refractivity contribution in [1.29, 1.82) is 0 Å². The second-order valence-corrected chi connectivity index (χ2v) is 2.12. The van der Waals surface area contributed by atoms with Crippen LogP contribution in [-0.4, -0.2) is 40.7 Å². The van der Waals surface area contributed by atoms with Crippen LogP contribution in [0.1, 0.15) is 6.92 Å². The highest BCUT2D eigenvalue weighted by Crippen LogP contribution is 1.97. The first kappa shape index (κ1) is 13.9. The van der Waals surface area contributed by atoms with Crippen LogP contribution in [0.15, 0.2) is 0 Å². The van der Waals surface area contributed by atoms with Gasteiger partial charge in [0, 0.05) is 13.1 Å². The molecule has 6 heteroatoms. The lowest BCUT2D eigenvalue weighted by molar-refractivity contribution is -0.156. The van der Waals surface area contributed by atoms with Crippen LogP contribution in [0.2, 0.25) is 0 Å². The minimum atomic E-state index is -1.76. The molecule has 0 aliphatic rings. The summed E-state index contributed by atoms with van der Waals surface area (Å²) in [6, 6.07) is 0. The number of hydrogen-bond acceptors (Lipinski definition) is 5. The van der Waals surface area contributed by atoms with E-state index in [2.05, 4.69) is 0 Å². The van der Waals surface area contributed by atoms with E-state index in [-0.39, 0.29) is 0 Å². The van der Waals surface area contributed by atoms with E-state index >= 15 is 0 Å². The first-order chi connectivity index (χ1) is 5.47. The molecule has 0 saturated heterocycles. The average molecular weight is 180 g/mol. The normalized spacial score (nSPS) is 11.8. The number of aliphatic hydroxyl groups is 2. The van der Waals surface area contributed by atoms with E-state index in [0.29, 0.717) is 13.1 Å². The Labute approximate surface area is 70.8 Å². The van der Waals surface area contributed by atoms with E-state index in [4.69, 9.17) is 26.8 Å². The van der Waals surface area contributed by atoms with E-state index < -0.39 is 18.2 Å². The van der Waals surface area contributed by atoms with Gasteiger partial charge < -0.3 is 26.8 Å². The first-order valence-corrected chi connectivity index (χ1v) is 3.46. The van der Waals surface area contributed by atoms with Crippen molar-refractivity contribution >= 4 is 5.97 Å². The van der Waals surface area contributed by atoms with Gasteiger partial charge in [-0.2, -0.15) is 0 Å². The zero-order valence-electron chi connectivity index (χ0n) is 6.97. The van der Waals surface area contributed by atoms with Crippen molar-refractivity contribution in [1.82, 2.24) is 0 Å². The lowest BCUT2D eigenvalue weighted by atomic mass is 10.2. The fraction of sp³-hybridized carbons (Fsp3) is 0.833. The molecule has 6 nitrogen and oxygen atoms in total. The summed E-state index contributed by atoms with van der Waals surface area (Å²) >= 11 is 0. The third kappa shape index (κ3) is 9.31. The maximum Gasteiger partial charge on any atom is 0.311 e. The van der Waals surface area contributed by atoms with Crippen LogP contribution in [-0.2, 0) is 4.79 Å². The zero-order chi connectivity index (χ0) is 10.1. The van der Waals surface area contributed by atoms with Crippen molar-refractivity contribution in [3.05, 3.63) is 0 Å². The molecule has 0 amide bonds. The van der Waals surface area contributed by atoms with Gasteiger partial charge in [0.2, 0.25) is 0 Å². The molecule has 0 aromatic carbocycles. The van der Waals surface area contributed by atoms with Gasteiger partial charge in [-0.3, -0.25) is 4.79 Å². The Morgan fingerprint density at radius 3 is 1.67 bits per heavy atom. The van der Waals surface area contributed by atoms with Crippen LogP contribution in [0.25, 0.3) is 0 Å². The third-order valence-corrected chi connectivity index (χ3v) is 1.00. The second-order valence-electron chi connectivity index (χ2n) is 2.12. The van der Waals surface area contributed by atoms with Gasteiger partial charge in [-0.15, -0.1) is 0 Å². The predicted molar refractivity (Wildman–Crippen MR) is 43.1 cm³/mol. The Kier molecular flexibility index (Phi) is 9.72. The van der Waals surface area contributed by atoms with Crippen molar-refractivity contribution in [2.45, 2.75) is 13.2 Å². The van der Waals surface area contributed by atoms with Crippen LogP contribution < -0.4 is 11.5 Å². The molecule has 0 bridgehead atoms. The number of carboxylic acids is 1. The number of rotatable bonds is 3. The van der Waals surface area contributed by atoms with Crippen LogP contribution in [0.5, 0.6) is 0 Å². The number of nitrogens with two attached hydrogens (primary N) is 2. The van der Waals surface area contributed by atoms with Gasteiger partial charge in [0.25, 0.3) is 0 Å². The maximum absolute atomic E-state index is 9.82. The van der Waals surface area contributed by atoms with Gasteiger partial charge in [0.15, 0.2) is 6.29 Å². The van der Waals surface area contributed by atoms with E-state index in [1.165, 1.54) is 6.92 Å². The van der Waals surface area contributed by atoms with Gasteiger partial charge in [0.1, 0.15) is 5.92 Å². The smallest absolute Gasteiger partial charge is 0.311 e. The largest absolute Gasteiger partial charge is 0.481 e. The third-order valence-electron chi connectivity index (χ3n) is 1.00. The van der Waals surface area contributed by atoms with Crippen LogP contribution in [0, 0.1) is 5.92 Å². The molecule has 0 radical (unpaired) electrons. The first-order valence-electron chi connectivity index (χ1n) is 3.46. The van der Waals surface area contributed by atoms with E-state index in [1.807, 2.05) is 0 Å². The summed E-state index contributed by atoms with van der Waals surface area (Å²) in [5.74, 6) is -2.31. The molecule has 0 spiro atoms. The molecule has 0 aliphatic heterocycles. The highest BCUT2D eigenvalue weighted by molar-refractivity contribution is 5.69. The lowest BCUT2D eigenvalue weighted by Gasteiger charge is -2.05. The molecule has 12 heavy (non-hydrogen) atoms. The molecule has 0 fully saturated rings. The zero-order valence-corrected chi connectivity index (χ0v) is 6.97. The van der Waals surface area contributed by atoms with Crippen LogP contribution in [0.4, 0.5) is 0 Å². The van der Waals surface area contributed by atoms with E-state index in [9.17, 15) is 4.79 Å². The minimum Gasteiger partial charge on any atom is -0.481 e. The van der Waals surface area contributed by atoms with Gasteiger partial charge in [0.05, 0.1) is 0 Å². The highest BCUT2D eigenvalue weighted by Gasteiger charge is 2.17. The lowest BCUT2D eigenvalue weighted by Crippen LogP contribution is -2.24. The Morgan fingerprint density at radius 1 is 1.33 bits per heavy atom. The Morgan fingerprint density at radius 2 is 1.67 bits per heavy atom. The Bertz CT molecular complexity index is 116. The quantitative estimate of drug-likeness (QED) is 0.317. The molecule has 0 rings (SSSR count). The fourth-order valence-electron chi connectivity index (χ4n) is 0.128. The van der Waals surface area contributed by atoms with E-state index in [0.717, 1.165) is 0 Å². The molecular formula is C6H16N2O4. The van der Waals surface area contributed by atoms with Crippen molar-refractivity contribution < 1.29 is 20.1 Å². The minimum absolute atomic E-state index is 0.597. The molecular weight excluding hydrogens is 164 g/mol. The average Bonchev–Trinajstić information content (AvgIpc) is 2.03. The van der Waals surface area contributed by atoms with Crippen molar-refractivity contribution in [3.63, 3.8) is 0 Å². The van der Waals surface area contributed by atoms with Gasteiger partial charge in [-0.25, -0.2) is 0 Å². The second kappa shape index (κ2) is 8.41. The molecule has 0 aromatic rings. The summed E-state index contributed by atoms with van der Waals surface area (Å²) in [5.41, 5.74) is 9.81. The predicted octanol–water partition coefficient (Wildman–Crippen LogP) is -2.08. The standard InChI is InChI=1S/C4H8O4.C2H8N2/c1-2(3(5)6)4(7)8;3-1-2-4/h2-3,5-6H,1H3,(H,7,8);1-4H2. The molecule has 0 heterocycles. The Hall–Kier alpha value is -0.690. The van der Waals surface area contributed by atoms with E-state index in [1.54, 1.807) is 0 Å². The van der Waals surface area contributed by atoms with Crippen LogP contribution >= 0.6 is 0 Å². The van der Waals surface area contributed by atoms with Gasteiger partial charge in [-0.1, -0.05) is 0 Å². The molecule has 0 aliphatic carbocycles. The monoisotopic (exact) mass is 180 g/mol. The highest BCUT2D eigenvalue weighted by atomic mass is 16.5. The summed E-state index contributed by atoms with van der Waals surface area (Å²) in [5, 5.41) is 24.4. The summed E-state index contributed by atoms with van der Waals surface area (Å²) in [6.45, 7) is 2.41. The van der Waals surface area contributed by atoms with Crippen LogP contribution in [0.3, 0.4) is 0 Å². The molecule has 0 aromatic heterocycles. The molecule has 7 N–H and O–H groups in total. The molecule has 1 atom stereocenters. The number of aliphatic carboxylic acids is 1. The number of hydrogen-bond donors (Lipinski definition) is 5. The summed E-state index contributed by atoms with van der Waals surface area (Å²) in [6.07, 6.45) is -1.76. The number of carbonyl (C=O) groups is 1. The van der Waals surface area contributed by atoms with Crippen molar-refractivity contribution in [3.8, 4) is 0 Å². The van der Waals surface area contributed by atoms with Crippen molar-refractivity contribution in [2.24, 2.45) is 17.4 Å². The fourth-order valence-corrected chi connectivity index (χ4v) is 0.128.